The monoisotopic (exact) mass is 378 g/mol. The van der Waals surface area contributed by atoms with E-state index in [0.717, 1.165) is 11.1 Å². The highest BCUT2D eigenvalue weighted by atomic mass is 35.5. The van der Waals surface area contributed by atoms with Crippen molar-refractivity contribution in [3.05, 3.63) is 63.8 Å². The molecule has 5 nitrogen and oxygen atoms in total. The summed E-state index contributed by atoms with van der Waals surface area (Å²) in [5, 5.41) is 3.03. The number of aromatic nitrogens is 1. The minimum atomic E-state index is -1.01. The molecule has 0 aliphatic rings. The quantitative estimate of drug-likeness (QED) is 0.622. The minimum absolute atomic E-state index is 0.147. The Labute approximate surface area is 155 Å². The van der Waals surface area contributed by atoms with Crippen LogP contribution in [0.2, 0.25) is 10.0 Å². The van der Waals surface area contributed by atoms with E-state index in [2.05, 4.69) is 10.3 Å². The molecule has 7 heteroatoms. The van der Waals surface area contributed by atoms with Gasteiger partial charge in [0.25, 0.3) is 5.91 Å². The lowest BCUT2D eigenvalue weighted by atomic mass is 10.1. The zero-order chi connectivity index (χ0) is 18.4. The number of rotatable bonds is 5. The molecule has 0 unspecified atom stereocenters. The first kappa shape index (κ1) is 19.0. The third-order valence-corrected chi connectivity index (χ3v) is 3.66. The Morgan fingerprint density at radius 2 is 2.04 bits per heavy atom. The van der Waals surface area contributed by atoms with E-state index in [1.165, 1.54) is 25.3 Å². The highest BCUT2D eigenvalue weighted by molar-refractivity contribution is 6.36. The molecule has 1 aromatic carbocycles. The van der Waals surface area contributed by atoms with Crippen LogP contribution < -0.4 is 5.32 Å². The van der Waals surface area contributed by atoms with E-state index in [9.17, 15) is 9.59 Å². The molecular weight excluding hydrogens is 363 g/mol. The van der Waals surface area contributed by atoms with Gasteiger partial charge in [-0.3, -0.25) is 4.79 Å². The smallest absolute Gasteiger partial charge is 0.331 e. The normalized spacial score (nSPS) is 12.0. The number of hydrogen-bond donors (Lipinski definition) is 1. The van der Waals surface area contributed by atoms with E-state index in [0.29, 0.717) is 5.02 Å². The zero-order valence-electron chi connectivity index (χ0n) is 13.6. The highest BCUT2D eigenvalue weighted by Gasteiger charge is 2.18. The molecule has 1 aromatic heterocycles. The van der Waals surface area contributed by atoms with Gasteiger partial charge >= 0.3 is 5.97 Å². The van der Waals surface area contributed by atoms with Gasteiger partial charge in [-0.2, -0.15) is 0 Å². The van der Waals surface area contributed by atoms with Crippen LogP contribution >= 0.6 is 23.2 Å². The number of anilines is 1. The number of carbonyl (C=O) groups is 2. The van der Waals surface area contributed by atoms with Gasteiger partial charge in [-0.25, -0.2) is 9.78 Å². The number of carbonyl (C=O) groups excluding carboxylic acids is 2. The van der Waals surface area contributed by atoms with Crippen LogP contribution in [0.4, 0.5) is 5.82 Å². The van der Waals surface area contributed by atoms with Crippen LogP contribution in [0.25, 0.3) is 6.08 Å². The van der Waals surface area contributed by atoms with Gasteiger partial charge in [-0.15, -0.1) is 0 Å². The molecule has 1 amide bonds. The molecule has 2 aromatic rings. The topological polar surface area (TPSA) is 68.3 Å². The highest BCUT2D eigenvalue weighted by Crippen LogP contribution is 2.22. The fourth-order valence-electron chi connectivity index (χ4n) is 1.93. The summed E-state index contributed by atoms with van der Waals surface area (Å²) in [4.78, 5) is 27.8. The van der Waals surface area contributed by atoms with Crippen LogP contribution in [-0.2, 0) is 14.3 Å². The Morgan fingerprint density at radius 3 is 2.72 bits per heavy atom. The van der Waals surface area contributed by atoms with Crippen molar-refractivity contribution in [2.45, 2.75) is 20.0 Å². The van der Waals surface area contributed by atoms with Crippen molar-refractivity contribution < 1.29 is 14.3 Å². The molecule has 0 aliphatic heterocycles. The number of benzene rings is 1. The fourth-order valence-corrected chi connectivity index (χ4v) is 2.36. The van der Waals surface area contributed by atoms with Crippen molar-refractivity contribution in [3.63, 3.8) is 0 Å². The number of esters is 1. The van der Waals surface area contributed by atoms with Gasteiger partial charge in [-0.05, 0) is 31.6 Å². The Hall–Kier alpha value is -2.37. The van der Waals surface area contributed by atoms with Crippen molar-refractivity contribution >= 4 is 47.0 Å². The minimum Gasteiger partial charge on any atom is -0.449 e. The molecule has 0 aliphatic carbocycles. The molecule has 1 atom stereocenters. The van der Waals surface area contributed by atoms with Crippen molar-refractivity contribution in [1.29, 1.82) is 0 Å². The first-order chi connectivity index (χ1) is 11.8. The van der Waals surface area contributed by atoms with E-state index in [-0.39, 0.29) is 10.8 Å². The Morgan fingerprint density at radius 1 is 1.28 bits per heavy atom. The third kappa shape index (κ3) is 5.89. The van der Waals surface area contributed by atoms with Crippen molar-refractivity contribution in [2.75, 3.05) is 5.32 Å². The summed E-state index contributed by atoms with van der Waals surface area (Å²) in [7, 11) is 0. The molecule has 0 saturated carbocycles. The summed E-state index contributed by atoms with van der Waals surface area (Å²) >= 11 is 11.7. The van der Waals surface area contributed by atoms with E-state index in [1.54, 1.807) is 6.08 Å². The largest absolute Gasteiger partial charge is 0.449 e. The van der Waals surface area contributed by atoms with E-state index in [1.807, 2.05) is 31.2 Å². The number of hydrogen-bond acceptors (Lipinski definition) is 4. The number of nitrogens with one attached hydrogen (secondary N) is 1. The average molecular weight is 379 g/mol. The molecular formula is C18H16Cl2N2O3. The van der Waals surface area contributed by atoms with Crippen molar-refractivity contribution in [1.82, 2.24) is 4.98 Å². The van der Waals surface area contributed by atoms with Crippen LogP contribution in [-0.4, -0.2) is 23.0 Å². The zero-order valence-corrected chi connectivity index (χ0v) is 15.1. The second-order valence-corrected chi connectivity index (χ2v) is 6.14. The summed E-state index contributed by atoms with van der Waals surface area (Å²) in [6, 6.07) is 9.08. The van der Waals surface area contributed by atoms with Crippen LogP contribution in [0.1, 0.15) is 18.1 Å². The standard InChI is InChI=1S/C18H16Cl2N2O3/c1-11-4-3-5-13(8-11)6-7-16(23)25-12(2)18(24)22-17-15(20)9-14(19)10-21-17/h3-10,12H,1-2H3,(H,21,22,24)/b7-6+/t12-/m1/s1. The Bertz CT molecular complexity index is 822. The predicted molar refractivity (Wildman–Crippen MR) is 98.7 cm³/mol. The van der Waals surface area contributed by atoms with Gasteiger partial charge in [0.2, 0.25) is 0 Å². The number of pyridine rings is 1. The predicted octanol–water partition coefficient (Wildman–Crippen LogP) is 4.28. The molecule has 0 bridgehead atoms. The van der Waals surface area contributed by atoms with E-state index >= 15 is 0 Å². The molecule has 0 saturated heterocycles. The number of amides is 1. The molecule has 25 heavy (non-hydrogen) atoms. The summed E-state index contributed by atoms with van der Waals surface area (Å²) < 4.78 is 5.07. The second-order valence-electron chi connectivity index (χ2n) is 5.30. The number of halogens is 2. The summed E-state index contributed by atoms with van der Waals surface area (Å²) in [5.74, 6) is -1.03. The van der Waals surface area contributed by atoms with Gasteiger partial charge in [0.05, 0.1) is 10.0 Å². The van der Waals surface area contributed by atoms with Gasteiger partial charge in [0, 0.05) is 12.3 Å². The molecule has 0 spiro atoms. The number of aryl methyl sites for hydroxylation is 1. The van der Waals surface area contributed by atoms with Gasteiger partial charge in [-0.1, -0.05) is 53.0 Å². The van der Waals surface area contributed by atoms with Crippen LogP contribution in [0, 0.1) is 6.92 Å². The SMILES string of the molecule is Cc1cccc(/C=C/C(=O)O[C@H](C)C(=O)Nc2ncc(Cl)cc2Cl)c1. The maximum absolute atomic E-state index is 12.1. The van der Waals surface area contributed by atoms with Gasteiger partial charge in [0.1, 0.15) is 0 Å². The van der Waals surface area contributed by atoms with Gasteiger partial charge in [0.15, 0.2) is 11.9 Å². The van der Waals surface area contributed by atoms with Crippen LogP contribution in [0.3, 0.4) is 0 Å². The summed E-state index contributed by atoms with van der Waals surface area (Å²) in [6.07, 6.45) is 3.23. The molecule has 1 heterocycles. The Kier molecular flexibility index (Phi) is 6.56. The second kappa shape index (κ2) is 8.65. The fraction of sp³-hybridized carbons (Fsp3) is 0.167. The van der Waals surface area contributed by atoms with Crippen molar-refractivity contribution in [3.8, 4) is 0 Å². The third-order valence-electron chi connectivity index (χ3n) is 3.17. The maximum Gasteiger partial charge on any atom is 0.331 e. The first-order valence-corrected chi connectivity index (χ1v) is 8.18. The number of ether oxygens (including phenoxy) is 1. The van der Waals surface area contributed by atoms with E-state index < -0.39 is 18.0 Å². The lowest BCUT2D eigenvalue weighted by Crippen LogP contribution is -2.29. The maximum atomic E-state index is 12.1. The number of nitrogens with zero attached hydrogens (tertiary/aromatic N) is 1. The molecule has 0 radical (unpaired) electrons. The van der Waals surface area contributed by atoms with Crippen molar-refractivity contribution in [2.24, 2.45) is 0 Å². The van der Waals surface area contributed by atoms with Crippen LogP contribution in [0.5, 0.6) is 0 Å². The average Bonchev–Trinajstić information content (AvgIpc) is 2.55. The lowest BCUT2D eigenvalue weighted by molar-refractivity contribution is -0.148. The molecule has 0 fully saturated rings. The molecule has 1 N–H and O–H groups in total. The summed E-state index contributed by atoms with van der Waals surface area (Å²) in [6.45, 7) is 3.41. The first-order valence-electron chi connectivity index (χ1n) is 7.42. The molecule has 2 rings (SSSR count). The van der Waals surface area contributed by atoms with Crippen LogP contribution in [0.15, 0.2) is 42.6 Å². The van der Waals surface area contributed by atoms with E-state index in [4.69, 9.17) is 27.9 Å². The lowest BCUT2D eigenvalue weighted by Gasteiger charge is -2.12. The Balaban J connectivity index is 1.92. The van der Waals surface area contributed by atoms with Gasteiger partial charge < -0.3 is 10.1 Å². The summed E-state index contributed by atoms with van der Waals surface area (Å²) in [5.41, 5.74) is 1.95. The molecule has 130 valence electrons.